The molecule has 1 rings (SSSR count). The van der Waals surface area contributed by atoms with E-state index in [-0.39, 0.29) is 15.7 Å². The molecule has 0 aromatic heterocycles. The molecule has 0 aliphatic rings. The Labute approximate surface area is 125 Å². The number of thioether (sulfide) groups is 1. The molecule has 0 radical (unpaired) electrons. The van der Waals surface area contributed by atoms with E-state index in [1.165, 1.54) is 12.1 Å². The summed E-state index contributed by atoms with van der Waals surface area (Å²) in [5.74, 6) is -1.65. The fourth-order valence-electron chi connectivity index (χ4n) is 0.977. The van der Waals surface area contributed by atoms with E-state index in [0.29, 0.717) is 5.02 Å². The average molecular weight is 354 g/mol. The molecule has 1 amide bonds. The summed E-state index contributed by atoms with van der Waals surface area (Å²) >= 11 is 16.8. The van der Waals surface area contributed by atoms with Gasteiger partial charge in [-0.15, -0.1) is 0 Å². The van der Waals surface area contributed by atoms with Crippen LogP contribution in [0.1, 0.15) is 0 Å². The Morgan fingerprint density at radius 2 is 1.74 bits per heavy atom. The Hall–Kier alpha value is -0.500. The van der Waals surface area contributed by atoms with Crippen molar-refractivity contribution < 1.29 is 18.0 Å². The molecule has 0 aliphatic heterocycles. The zero-order valence-corrected chi connectivity index (χ0v) is 12.0. The van der Waals surface area contributed by atoms with E-state index in [1.54, 1.807) is 0 Å². The van der Waals surface area contributed by atoms with E-state index in [0.717, 1.165) is 0 Å². The lowest BCUT2D eigenvalue weighted by Gasteiger charge is -2.12. The van der Waals surface area contributed by atoms with Gasteiger partial charge in [0.05, 0.1) is 21.5 Å². The van der Waals surface area contributed by atoms with Crippen molar-refractivity contribution in [2.75, 3.05) is 11.2 Å². The SMILES string of the molecule is O=C(CSC(F)(F)F)NNc1c(Cl)cc(Cl)cc1Cl. The third-order valence-corrected chi connectivity index (χ3v) is 3.25. The van der Waals surface area contributed by atoms with Crippen LogP contribution >= 0.6 is 46.6 Å². The van der Waals surface area contributed by atoms with Gasteiger partial charge in [0, 0.05) is 5.02 Å². The van der Waals surface area contributed by atoms with Gasteiger partial charge < -0.3 is 0 Å². The maximum Gasteiger partial charge on any atom is 0.442 e. The van der Waals surface area contributed by atoms with Crippen LogP contribution in [0.2, 0.25) is 15.1 Å². The largest absolute Gasteiger partial charge is 0.442 e. The van der Waals surface area contributed by atoms with Gasteiger partial charge in [-0.3, -0.25) is 15.6 Å². The summed E-state index contributed by atoms with van der Waals surface area (Å²) in [6, 6.07) is 2.74. The number of carbonyl (C=O) groups excluding carboxylic acids is 1. The van der Waals surface area contributed by atoms with Crippen LogP contribution in [0.3, 0.4) is 0 Å². The lowest BCUT2D eigenvalue weighted by Crippen LogP contribution is -2.31. The van der Waals surface area contributed by atoms with Crippen LogP contribution in [-0.4, -0.2) is 17.2 Å². The zero-order valence-electron chi connectivity index (χ0n) is 8.95. The molecule has 0 spiro atoms. The topological polar surface area (TPSA) is 41.1 Å². The Bertz CT molecular complexity index is 461. The van der Waals surface area contributed by atoms with Crippen molar-refractivity contribution in [3.05, 3.63) is 27.2 Å². The van der Waals surface area contributed by atoms with Gasteiger partial charge in [-0.05, 0) is 23.9 Å². The highest BCUT2D eigenvalue weighted by Gasteiger charge is 2.29. The Morgan fingerprint density at radius 3 is 2.21 bits per heavy atom. The Morgan fingerprint density at radius 1 is 1.21 bits per heavy atom. The lowest BCUT2D eigenvalue weighted by atomic mass is 10.3. The summed E-state index contributed by atoms with van der Waals surface area (Å²) in [6.45, 7) is 0. The summed E-state index contributed by atoms with van der Waals surface area (Å²) in [4.78, 5) is 11.1. The van der Waals surface area contributed by atoms with Crippen molar-refractivity contribution in [1.82, 2.24) is 5.43 Å². The van der Waals surface area contributed by atoms with Gasteiger partial charge in [0.15, 0.2) is 0 Å². The number of hydrazine groups is 1. The molecule has 106 valence electrons. The first-order valence-corrected chi connectivity index (χ1v) is 6.71. The van der Waals surface area contributed by atoms with E-state index in [2.05, 4.69) is 10.9 Å². The van der Waals surface area contributed by atoms with Crippen molar-refractivity contribution in [3.63, 3.8) is 0 Å². The number of hydrogen-bond donors (Lipinski definition) is 2. The molecule has 0 saturated carbocycles. The second kappa shape index (κ2) is 6.78. The summed E-state index contributed by atoms with van der Waals surface area (Å²) < 4.78 is 35.6. The third kappa shape index (κ3) is 5.99. The monoisotopic (exact) mass is 352 g/mol. The number of hydrogen-bond acceptors (Lipinski definition) is 3. The van der Waals surface area contributed by atoms with Crippen LogP contribution in [0.4, 0.5) is 18.9 Å². The molecular formula is C9H6Cl3F3N2OS. The number of amides is 1. The van der Waals surface area contributed by atoms with Gasteiger partial charge in [0.25, 0.3) is 0 Å². The predicted octanol–water partition coefficient (Wildman–Crippen LogP) is 4.34. The van der Waals surface area contributed by atoms with Crippen LogP contribution in [0.15, 0.2) is 12.1 Å². The number of benzene rings is 1. The van der Waals surface area contributed by atoms with Gasteiger partial charge in [0.2, 0.25) is 5.91 Å². The number of carbonyl (C=O) groups is 1. The molecule has 0 aliphatic carbocycles. The van der Waals surface area contributed by atoms with Crippen molar-refractivity contribution in [2.24, 2.45) is 0 Å². The molecule has 19 heavy (non-hydrogen) atoms. The van der Waals surface area contributed by atoms with Gasteiger partial charge in [-0.1, -0.05) is 34.8 Å². The van der Waals surface area contributed by atoms with E-state index in [1.807, 2.05) is 0 Å². The fourth-order valence-corrected chi connectivity index (χ4v) is 2.26. The van der Waals surface area contributed by atoms with Crippen molar-refractivity contribution in [1.29, 1.82) is 0 Å². The van der Waals surface area contributed by atoms with E-state index >= 15 is 0 Å². The predicted molar refractivity (Wildman–Crippen MR) is 71.8 cm³/mol. The highest BCUT2D eigenvalue weighted by atomic mass is 35.5. The molecule has 0 bridgehead atoms. The molecule has 3 nitrogen and oxygen atoms in total. The maximum absolute atomic E-state index is 11.9. The number of alkyl halides is 3. The number of halogens is 6. The van der Waals surface area contributed by atoms with Gasteiger partial charge >= 0.3 is 5.51 Å². The summed E-state index contributed by atoms with van der Waals surface area (Å²) in [6.07, 6.45) is 0. The molecule has 0 unspecified atom stereocenters. The van der Waals surface area contributed by atoms with E-state index in [4.69, 9.17) is 34.8 Å². The Kier molecular flexibility index (Phi) is 5.91. The van der Waals surface area contributed by atoms with Crippen LogP contribution in [0.25, 0.3) is 0 Å². The highest BCUT2D eigenvalue weighted by molar-refractivity contribution is 8.00. The number of rotatable bonds is 4. The minimum Gasteiger partial charge on any atom is -0.296 e. The first-order chi connectivity index (χ1) is 8.69. The third-order valence-electron chi connectivity index (χ3n) is 1.70. The molecular weight excluding hydrogens is 348 g/mol. The molecule has 10 heteroatoms. The second-order valence-corrected chi connectivity index (χ2v) is 5.44. The van der Waals surface area contributed by atoms with E-state index in [9.17, 15) is 18.0 Å². The molecule has 0 saturated heterocycles. The normalized spacial score (nSPS) is 11.3. The summed E-state index contributed by atoms with van der Waals surface area (Å²) in [5, 5.41) is 0.544. The van der Waals surface area contributed by atoms with Gasteiger partial charge in [-0.2, -0.15) is 13.2 Å². The van der Waals surface area contributed by atoms with Gasteiger partial charge in [0.1, 0.15) is 0 Å². The second-order valence-electron chi connectivity index (χ2n) is 3.15. The molecule has 0 atom stereocenters. The summed E-state index contributed by atoms with van der Waals surface area (Å²) in [7, 11) is 0. The summed E-state index contributed by atoms with van der Waals surface area (Å²) in [5.41, 5.74) is 0.0783. The number of anilines is 1. The van der Waals surface area contributed by atoms with Crippen LogP contribution in [0, 0.1) is 0 Å². The molecule has 2 N–H and O–H groups in total. The van der Waals surface area contributed by atoms with Gasteiger partial charge in [-0.25, -0.2) is 0 Å². The molecule has 1 aromatic carbocycles. The number of nitrogens with one attached hydrogen (secondary N) is 2. The minimum absolute atomic E-state index is 0.126. The maximum atomic E-state index is 11.9. The van der Waals surface area contributed by atoms with Crippen LogP contribution in [-0.2, 0) is 4.79 Å². The average Bonchev–Trinajstić information content (AvgIpc) is 2.23. The van der Waals surface area contributed by atoms with E-state index < -0.39 is 28.9 Å². The molecule has 0 fully saturated rings. The lowest BCUT2D eigenvalue weighted by molar-refractivity contribution is -0.118. The van der Waals surface area contributed by atoms with Crippen LogP contribution in [0.5, 0.6) is 0 Å². The Balaban J connectivity index is 2.56. The van der Waals surface area contributed by atoms with Crippen LogP contribution < -0.4 is 10.9 Å². The zero-order chi connectivity index (χ0) is 14.6. The smallest absolute Gasteiger partial charge is 0.296 e. The van der Waals surface area contributed by atoms with Crippen molar-refractivity contribution in [3.8, 4) is 0 Å². The van der Waals surface area contributed by atoms with Crippen molar-refractivity contribution in [2.45, 2.75) is 5.51 Å². The highest BCUT2D eigenvalue weighted by Crippen LogP contribution is 2.33. The minimum atomic E-state index is -4.47. The standard InChI is InChI=1S/C9H6Cl3F3N2OS/c10-4-1-5(11)8(6(12)2-4)17-16-7(18)3-19-9(13,14)15/h1-2,17H,3H2,(H,16,18). The molecule has 1 aromatic rings. The molecule has 0 heterocycles. The van der Waals surface area contributed by atoms with Crippen molar-refractivity contribution >= 4 is 58.2 Å². The first-order valence-electron chi connectivity index (χ1n) is 4.59. The quantitative estimate of drug-likeness (QED) is 0.791. The first kappa shape index (κ1) is 16.6. The fraction of sp³-hybridized carbons (Fsp3) is 0.222.